The van der Waals surface area contributed by atoms with E-state index in [1.54, 1.807) is 36.4 Å². The number of aliphatic carboxylic acids is 4. The Labute approximate surface area is 431 Å². The highest BCUT2D eigenvalue weighted by molar-refractivity contribution is 7.80. The molecule has 0 saturated carbocycles. The van der Waals surface area contributed by atoms with Crippen LogP contribution >= 0.6 is 12.6 Å². The topological polar surface area (TPSA) is 365 Å². The first-order chi connectivity index (χ1) is 35.5. The third kappa shape index (κ3) is 17.7. The number of hydrogen-bond acceptors (Lipinski definition) is 13. The number of thiol groups is 1. The molecule has 402 valence electrons. The van der Waals surface area contributed by atoms with E-state index in [1.165, 1.54) is 13.0 Å². The first kappa shape index (κ1) is 59.3. The van der Waals surface area contributed by atoms with Crippen molar-refractivity contribution in [3.63, 3.8) is 0 Å². The van der Waals surface area contributed by atoms with Crippen molar-refractivity contribution in [1.29, 1.82) is 0 Å². The number of carboxylic acids is 4. The van der Waals surface area contributed by atoms with Crippen LogP contribution in [0.5, 0.6) is 0 Å². The minimum Gasteiger partial charge on any atom is -0.481 e. The fraction of sp³-hybridized carbons (Fsp3) is 0.367. The van der Waals surface area contributed by atoms with Crippen molar-refractivity contribution in [3.8, 4) is 11.1 Å². The first-order valence-electron chi connectivity index (χ1n) is 23.1. The third-order valence-corrected chi connectivity index (χ3v) is 12.0. The molecule has 4 aromatic rings. The molecule has 0 spiro atoms. The molecule has 0 bridgehead atoms. The van der Waals surface area contributed by atoms with Gasteiger partial charge in [-0.2, -0.15) is 12.6 Å². The summed E-state index contributed by atoms with van der Waals surface area (Å²) in [5.41, 5.74) is 5.78. The predicted molar refractivity (Wildman–Crippen MR) is 265 cm³/mol. The summed E-state index contributed by atoms with van der Waals surface area (Å²) in [6.07, 6.45) is -3.04. The SMILES string of the molecule is Cc1c(-c2cccc(CCC(=O)N[C@@H](CCC(=O)N[C@H](CCC(=O)NC[C@H](N)C(=O)N[C@@H](CC(=O)O)C(=O)N[C@@H](CS)C(=O)O)C(=O)O)C(=O)O)c2)c(=O)n(CCc2ccccc2)c(=O)n1Cc1c(F)cccc1F. The molecule has 26 heteroatoms. The van der Waals surface area contributed by atoms with Crippen molar-refractivity contribution in [1.82, 2.24) is 35.7 Å². The maximum Gasteiger partial charge on any atom is 0.331 e. The zero-order valence-electron chi connectivity index (χ0n) is 40.3. The lowest BCUT2D eigenvalue weighted by Gasteiger charge is -2.21. The number of nitrogens with two attached hydrogens (primary N) is 1. The Morgan fingerprint density at radius 2 is 1.19 bits per heavy atom. The predicted octanol–water partition coefficient (Wildman–Crippen LogP) is 0.0886. The molecule has 0 unspecified atom stereocenters. The van der Waals surface area contributed by atoms with Crippen molar-refractivity contribution >= 4 is 66.0 Å². The van der Waals surface area contributed by atoms with E-state index in [9.17, 15) is 71.7 Å². The van der Waals surface area contributed by atoms with Gasteiger partial charge in [-0.25, -0.2) is 28.0 Å². The van der Waals surface area contributed by atoms with Crippen molar-refractivity contribution in [2.24, 2.45) is 5.73 Å². The van der Waals surface area contributed by atoms with E-state index < -0.39 is 152 Å². The summed E-state index contributed by atoms with van der Waals surface area (Å²) >= 11 is 3.79. The lowest BCUT2D eigenvalue weighted by atomic mass is 10.00. The molecule has 5 atom stereocenters. The summed E-state index contributed by atoms with van der Waals surface area (Å²) < 4.78 is 31.9. The van der Waals surface area contributed by atoms with Crippen LogP contribution < -0.4 is 43.6 Å². The van der Waals surface area contributed by atoms with Crippen LogP contribution in [0.4, 0.5) is 8.78 Å². The average molecular weight is 1070 g/mol. The molecule has 75 heavy (non-hydrogen) atoms. The molecule has 11 N–H and O–H groups in total. The summed E-state index contributed by atoms with van der Waals surface area (Å²) in [6.45, 7) is 0.303. The Morgan fingerprint density at radius 3 is 1.76 bits per heavy atom. The molecule has 1 aromatic heterocycles. The molecule has 0 aliphatic heterocycles. The summed E-state index contributed by atoms with van der Waals surface area (Å²) in [5, 5.41) is 48.7. The normalized spacial score (nSPS) is 13.0. The number of benzene rings is 3. The van der Waals surface area contributed by atoms with Crippen LogP contribution in [0.2, 0.25) is 0 Å². The van der Waals surface area contributed by atoms with Crippen molar-refractivity contribution in [2.75, 3.05) is 12.3 Å². The minimum absolute atomic E-state index is 0.0142. The fourth-order valence-electron chi connectivity index (χ4n) is 7.51. The van der Waals surface area contributed by atoms with Crippen LogP contribution in [0.15, 0.2) is 82.4 Å². The second-order valence-electron chi connectivity index (χ2n) is 17.1. The Hall–Kier alpha value is -8.26. The number of rotatable bonds is 29. The van der Waals surface area contributed by atoms with E-state index in [4.69, 9.17) is 15.9 Å². The van der Waals surface area contributed by atoms with E-state index in [0.29, 0.717) is 11.1 Å². The highest BCUT2D eigenvalue weighted by atomic mass is 32.1. The van der Waals surface area contributed by atoms with Crippen molar-refractivity contribution in [2.45, 2.75) is 102 Å². The smallest absolute Gasteiger partial charge is 0.331 e. The Bertz CT molecular complexity index is 2880. The second-order valence-corrected chi connectivity index (χ2v) is 17.4. The van der Waals surface area contributed by atoms with Gasteiger partial charge in [0.1, 0.15) is 41.8 Å². The number of hydrogen-bond donors (Lipinski definition) is 11. The molecule has 3 aromatic carbocycles. The Balaban J connectivity index is 1.34. The maximum atomic E-state index is 14.9. The number of carbonyl (C=O) groups is 9. The molecule has 0 saturated heterocycles. The minimum atomic E-state index is -1.76. The molecular formula is C49H56F2N8O15S. The quantitative estimate of drug-likeness (QED) is 0.0321. The zero-order valence-corrected chi connectivity index (χ0v) is 41.1. The molecule has 4 rings (SSSR count). The van der Waals surface area contributed by atoms with Gasteiger partial charge in [-0.05, 0) is 61.4 Å². The average Bonchev–Trinajstić information content (AvgIpc) is 3.35. The van der Waals surface area contributed by atoms with Crippen LogP contribution in [0.3, 0.4) is 0 Å². The highest BCUT2D eigenvalue weighted by Gasteiger charge is 2.30. The monoisotopic (exact) mass is 1070 g/mol. The van der Waals surface area contributed by atoms with Crippen molar-refractivity contribution < 1.29 is 72.4 Å². The van der Waals surface area contributed by atoms with Gasteiger partial charge in [-0.1, -0.05) is 60.7 Å². The van der Waals surface area contributed by atoms with E-state index in [0.717, 1.165) is 26.8 Å². The molecule has 5 amide bonds. The third-order valence-electron chi connectivity index (χ3n) is 11.6. The van der Waals surface area contributed by atoms with Gasteiger partial charge in [0.15, 0.2) is 0 Å². The summed E-state index contributed by atoms with van der Waals surface area (Å²) in [5.74, 6) is -13.0. The fourth-order valence-corrected chi connectivity index (χ4v) is 7.76. The molecule has 23 nitrogen and oxygen atoms in total. The second kappa shape index (κ2) is 28.3. The summed E-state index contributed by atoms with van der Waals surface area (Å²) in [4.78, 5) is 138. The number of aromatic nitrogens is 2. The lowest BCUT2D eigenvalue weighted by Crippen LogP contribution is -2.57. The van der Waals surface area contributed by atoms with Crippen molar-refractivity contribution in [3.05, 3.63) is 128 Å². The van der Waals surface area contributed by atoms with Gasteiger partial charge in [0.05, 0.1) is 18.5 Å². The molecule has 0 aliphatic carbocycles. The molecular weight excluding hydrogens is 1010 g/mol. The highest BCUT2D eigenvalue weighted by Crippen LogP contribution is 2.23. The number of carboxylic acid groups (broad SMARTS) is 4. The lowest BCUT2D eigenvalue weighted by molar-refractivity contribution is -0.143. The number of amides is 5. The molecule has 0 fully saturated rings. The summed E-state index contributed by atoms with van der Waals surface area (Å²) in [6, 6.07) is 10.6. The van der Waals surface area contributed by atoms with Gasteiger partial charge in [0.2, 0.25) is 29.5 Å². The summed E-state index contributed by atoms with van der Waals surface area (Å²) in [7, 11) is 0. The number of aryl methyl sites for hydroxylation is 2. The van der Waals surface area contributed by atoms with Crippen LogP contribution in [0.25, 0.3) is 11.1 Å². The van der Waals surface area contributed by atoms with Crippen LogP contribution in [0.1, 0.15) is 60.9 Å². The number of nitrogens with zero attached hydrogens (tertiary/aromatic N) is 2. The van der Waals surface area contributed by atoms with Gasteiger partial charge in [0.25, 0.3) is 5.56 Å². The van der Waals surface area contributed by atoms with E-state index in [2.05, 4.69) is 33.9 Å². The van der Waals surface area contributed by atoms with Crippen LogP contribution in [0, 0.1) is 18.6 Å². The van der Waals surface area contributed by atoms with E-state index in [1.807, 2.05) is 23.5 Å². The van der Waals surface area contributed by atoms with E-state index >= 15 is 0 Å². The number of nitrogens with one attached hydrogen (secondary N) is 5. The van der Waals surface area contributed by atoms with E-state index in [-0.39, 0.29) is 48.4 Å². The Kier molecular flexibility index (Phi) is 22.3. The van der Waals surface area contributed by atoms with Gasteiger partial charge in [-0.15, -0.1) is 0 Å². The standard InChI is InChI=1S/C49H56F2N8O15S/c1-26-42(45(67)58(20-19-27-7-3-2-4-8-27)49(74)59(26)24-30-31(50)11-6-12-32(30)51)29-10-5-9-28(21-29)13-16-39(61)54-35(47(70)71)15-18-40(62)55-34(46(68)69)14-17-38(60)53-23-33(52)43(65)56-36(22-41(63)64)44(66)57-37(25-75)48(72)73/h2-12,21,33-37,75H,13-20,22-25,52H2,1H3,(H,53,60)(H,54,61)(H,55,62)(H,56,65)(H,57,66)(H,63,64)(H,68,69)(H,70,71)(H,72,73)/t33-,34+,35-,36-,37-/m0/s1. The number of halogens is 2. The molecule has 0 radical (unpaired) electrons. The van der Waals surface area contributed by atoms with Gasteiger partial charge < -0.3 is 52.7 Å². The molecule has 1 heterocycles. The van der Waals surface area contributed by atoms with Crippen LogP contribution in [-0.2, 0) is 69.1 Å². The van der Waals surface area contributed by atoms with Crippen LogP contribution in [-0.4, -0.2) is 125 Å². The van der Waals surface area contributed by atoms with Gasteiger partial charge >= 0.3 is 29.6 Å². The maximum absolute atomic E-state index is 14.9. The Morgan fingerprint density at radius 1 is 0.640 bits per heavy atom. The molecule has 0 aliphatic rings. The van der Waals surface area contributed by atoms with Gasteiger partial charge in [-0.3, -0.25) is 42.7 Å². The zero-order chi connectivity index (χ0) is 55.5. The largest absolute Gasteiger partial charge is 0.481 e. The first-order valence-corrected chi connectivity index (χ1v) is 23.8. The van der Waals surface area contributed by atoms with Gasteiger partial charge in [0, 0.05) is 49.4 Å². The number of carbonyl (C=O) groups excluding carboxylic acids is 5.